The molecule has 1 unspecified atom stereocenters. The van der Waals surface area contributed by atoms with Gasteiger partial charge in [-0.1, -0.05) is 0 Å². The zero-order valence-electron chi connectivity index (χ0n) is 19.3. The van der Waals surface area contributed by atoms with Crippen molar-refractivity contribution in [2.45, 2.75) is 12.6 Å². The summed E-state index contributed by atoms with van der Waals surface area (Å²) in [5.74, 6) is 0.683. The summed E-state index contributed by atoms with van der Waals surface area (Å²) in [6.45, 7) is 9.53. The first kappa shape index (κ1) is 22.4. The fourth-order valence-electron chi connectivity index (χ4n) is 4.62. The number of piperazine rings is 2. The van der Waals surface area contributed by atoms with Crippen LogP contribution < -0.4 is 15.1 Å². The molecule has 9 nitrogen and oxygen atoms in total. The molecule has 3 aliphatic heterocycles. The van der Waals surface area contributed by atoms with Gasteiger partial charge in [0.2, 0.25) is 5.95 Å². The molecule has 3 aliphatic rings. The molecule has 178 valence electrons. The van der Waals surface area contributed by atoms with E-state index in [2.05, 4.69) is 49.1 Å². The normalized spacial score (nSPS) is 23.2. The lowest BCUT2D eigenvalue weighted by Gasteiger charge is -2.37. The number of aromatic nitrogens is 3. The summed E-state index contributed by atoms with van der Waals surface area (Å²) in [6, 6.07) is 4.12. The zero-order valence-corrected chi connectivity index (χ0v) is 19.3. The highest BCUT2D eigenvalue weighted by molar-refractivity contribution is 5.49. The van der Waals surface area contributed by atoms with Crippen LogP contribution in [-0.4, -0.2) is 104 Å². The van der Waals surface area contributed by atoms with Crippen LogP contribution in [0.2, 0.25) is 0 Å². The van der Waals surface area contributed by atoms with Crippen LogP contribution in [0.5, 0.6) is 0 Å². The highest BCUT2D eigenvalue weighted by Crippen LogP contribution is 2.29. The Morgan fingerprint density at radius 1 is 1.00 bits per heavy atom. The van der Waals surface area contributed by atoms with E-state index in [1.807, 2.05) is 12.4 Å². The molecular formula is C23H33FN8O. The lowest BCUT2D eigenvalue weighted by atomic mass is 10.2. The Kier molecular flexibility index (Phi) is 6.96. The van der Waals surface area contributed by atoms with Crippen molar-refractivity contribution in [3.63, 3.8) is 0 Å². The van der Waals surface area contributed by atoms with E-state index in [1.54, 1.807) is 0 Å². The van der Waals surface area contributed by atoms with Gasteiger partial charge in [0.1, 0.15) is 11.8 Å². The minimum absolute atomic E-state index is 0.340. The molecule has 0 aromatic carbocycles. The number of hydrogen-bond acceptors (Lipinski definition) is 9. The van der Waals surface area contributed by atoms with Gasteiger partial charge in [0, 0.05) is 84.4 Å². The van der Waals surface area contributed by atoms with Gasteiger partial charge in [0.15, 0.2) is 11.6 Å². The maximum atomic E-state index is 15.7. The molecule has 0 saturated carbocycles. The van der Waals surface area contributed by atoms with Gasteiger partial charge < -0.3 is 24.8 Å². The summed E-state index contributed by atoms with van der Waals surface area (Å²) in [4.78, 5) is 22.5. The van der Waals surface area contributed by atoms with Crippen LogP contribution >= 0.6 is 0 Å². The molecule has 2 aromatic heterocycles. The van der Waals surface area contributed by atoms with Crippen molar-refractivity contribution in [3.8, 4) is 0 Å². The smallest absolute Gasteiger partial charge is 0.227 e. The van der Waals surface area contributed by atoms with Crippen LogP contribution in [0, 0.1) is 5.82 Å². The molecule has 0 radical (unpaired) electrons. The monoisotopic (exact) mass is 456 g/mol. The van der Waals surface area contributed by atoms with Crippen LogP contribution in [-0.2, 0) is 11.3 Å². The minimum atomic E-state index is -0.389. The topological polar surface area (TPSA) is 72.9 Å². The molecule has 3 fully saturated rings. The lowest BCUT2D eigenvalue weighted by molar-refractivity contribution is 0.0226. The van der Waals surface area contributed by atoms with Crippen molar-refractivity contribution in [1.82, 2.24) is 30.1 Å². The fourth-order valence-corrected chi connectivity index (χ4v) is 4.62. The number of pyridine rings is 1. The SMILES string of the molecule is CN1CCN(c2nc(N3CCN(Cc4ccncc4)CC3)nc(C3CNCCO3)c2F)CC1. The third-order valence-electron chi connectivity index (χ3n) is 6.69. The van der Waals surface area contributed by atoms with Gasteiger partial charge in [0.25, 0.3) is 0 Å². The maximum absolute atomic E-state index is 15.7. The van der Waals surface area contributed by atoms with Crippen molar-refractivity contribution in [3.05, 3.63) is 41.6 Å². The maximum Gasteiger partial charge on any atom is 0.227 e. The highest BCUT2D eigenvalue weighted by Gasteiger charge is 2.30. The number of ether oxygens (including phenoxy) is 1. The molecule has 33 heavy (non-hydrogen) atoms. The second kappa shape index (κ2) is 10.3. The minimum Gasteiger partial charge on any atom is -0.369 e. The first-order valence-electron chi connectivity index (χ1n) is 11.9. The Hall–Kier alpha value is -2.40. The zero-order chi connectivity index (χ0) is 22.6. The Morgan fingerprint density at radius 2 is 1.73 bits per heavy atom. The molecule has 0 spiro atoms. The second-order valence-electron chi connectivity index (χ2n) is 9.02. The highest BCUT2D eigenvalue weighted by atomic mass is 19.1. The summed E-state index contributed by atoms with van der Waals surface area (Å²) >= 11 is 0. The van der Waals surface area contributed by atoms with Gasteiger partial charge in [-0.15, -0.1) is 0 Å². The molecule has 0 bridgehead atoms. The lowest BCUT2D eigenvalue weighted by Crippen LogP contribution is -2.48. The van der Waals surface area contributed by atoms with Crippen molar-refractivity contribution in [2.24, 2.45) is 0 Å². The first-order valence-corrected chi connectivity index (χ1v) is 11.9. The second-order valence-corrected chi connectivity index (χ2v) is 9.02. The average Bonchev–Trinajstić information content (AvgIpc) is 2.86. The quantitative estimate of drug-likeness (QED) is 0.702. The van der Waals surface area contributed by atoms with Crippen molar-refractivity contribution >= 4 is 11.8 Å². The largest absolute Gasteiger partial charge is 0.369 e. The molecule has 5 heterocycles. The van der Waals surface area contributed by atoms with Crippen LogP contribution in [0.3, 0.4) is 0 Å². The molecule has 0 amide bonds. The molecule has 3 saturated heterocycles. The predicted molar refractivity (Wildman–Crippen MR) is 125 cm³/mol. The number of rotatable bonds is 5. The van der Waals surface area contributed by atoms with Crippen molar-refractivity contribution in [1.29, 1.82) is 0 Å². The van der Waals surface area contributed by atoms with E-state index in [0.29, 0.717) is 30.6 Å². The number of anilines is 2. The fraction of sp³-hybridized carbons (Fsp3) is 0.609. The van der Waals surface area contributed by atoms with E-state index in [1.165, 1.54) is 5.56 Å². The Bertz CT molecular complexity index is 910. The van der Waals surface area contributed by atoms with Gasteiger partial charge in [0.05, 0.1) is 6.61 Å². The van der Waals surface area contributed by atoms with Gasteiger partial charge in [-0.25, -0.2) is 9.37 Å². The summed E-state index contributed by atoms with van der Waals surface area (Å²) in [5.41, 5.74) is 1.64. The molecule has 2 aromatic rings. The molecular weight excluding hydrogens is 423 g/mol. The van der Waals surface area contributed by atoms with E-state index in [4.69, 9.17) is 14.7 Å². The van der Waals surface area contributed by atoms with Gasteiger partial charge in [-0.3, -0.25) is 9.88 Å². The molecule has 10 heteroatoms. The standard InChI is InChI=1S/C23H33FN8O/c1-29-7-11-31(12-8-29)22-20(24)21(19-16-26-6-15-33-19)27-23(28-22)32-13-9-30(10-14-32)17-18-2-4-25-5-3-18/h2-5,19,26H,6-17H2,1H3. The molecule has 1 atom stereocenters. The number of nitrogens with zero attached hydrogens (tertiary/aromatic N) is 7. The predicted octanol–water partition coefficient (Wildman–Crippen LogP) is 0.746. The third-order valence-corrected chi connectivity index (χ3v) is 6.69. The van der Waals surface area contributed by atoms with Crippen LogP contribution in [0.4, 0.5) is 16.2 Å². The van der Waals surface area contributed by atoms with Gasteiger partial charge in [-0.05, 0) is 24.7 Å². The van der Waals surface area contributed by atoms with E-state index in [9.17, 15) is 0 Å². The molecule has 5 rings (SSSR count). The van der Waals surface area contributed by atoms with Gasteiger partial charge in [-0.2, -0.15) is 4.98 Å². The Morgan fingerprint density at radius 3 is 2.42 bits per heavy atom. The first-order chi connectivity index (χ1) is 16.2. The number of nitrogens with one attached hydrogen (secondary N) is 1. The van der Waals surface area contributed by atoms with Crippen LogP contribution in [0.15, 0.2) is 24.5 Å². The molecule has 0 aliphatic carbocycles. The van der Waals surface area contributed by atoms with Crippen molar-refractivity contribution < 1.29 is 9.13 Å². The third kappa shape index (κ3) is 5.24. The summed E-state index contributed by atoms with van der Waals surface area (Å²) in [7, 11) is 2.09. The summed E-state index contributed by atoms with van der Waals surface area (Å²) in [5, 5.41) is 3.30. The van der Waals surface area contributed by atoms with E-state index in [0.717, 1.165) is 65.4 Å². The van der Waals surface area contributed by atoms with E-state index in [-0.39, 0.29) is 11.9 Å². The van der Waals surface area contributed by atoms with Gasteiger partial charge >= 0.3 is 0 Å². The number of halogens is 1. The average molecular weight is 457 g/mol. The Labute approximate surface area is 194 Å². The number of likely N-dealkylation sites (N-methyl/N-ethyl adjacent to an activating group) is 1. The number of morpholine rings is 1. The molecule has 1 N–H and O–H groups in total. The van der Waals surface area contributed by atoms with E-state index >= 15 is 4.39 Å². The van der Waals surface area contributed by atoms with Crippen LogP contribution in [0.1, 0.15) is 17.4 Å². The van der Waals surface area contributed by atoms with Crippen LogP contribution in [0.25, 0.3) is 0 Å². The number of hydrogen-bond donors (Lipinski definition) is 1. The summed E-state index contributed by atoms with van der Waals surface area (Å²) in [6.07, 6.45) is 3.28. The van der Waals surface area contributed by atoms with Crippen molar-refractivity contribution in [2.75, 3.05) is 88.9 Å². The summed E-state index contributed by atoms with van der Waals surface area (Å²) < 4.78 is 21.5. The van der Waals surface area contributed by atoms with E-state index < -0.39 is 0 Å². The Balaban J connectivity index is 1.35.